The highest BCUT2D eigenvalue weighted by Gasteiger charge is 2.41. The zero-order valence-electron chi connectivity index (χ0n) is 15.7. The number of phenols is 1. The fourth-order valence-corrected chi connectivity index (χ4v) is 5.01. The smallest absolute Gasteiger partial charge is 0.336 e. The number of hydrogen-bond acceptors (Lipinski definition) is 6. The molecule has 0 fully saturated rings. The summed E-state index contributed by atoms with van der Waals surface area (Å²) in [5.74, 6) is -0.768. The number of allylic oxidation sites excluding steroid dienone is 3. The van der Waals surface area contributed by atoms with Gasteiger partial charge in [0.05, 0.1) is 12.7 Å². The van der Waals surface area contributed by atoms with Crippen LogP contribution in [0.25, 0.3) is 0 Å². The average molecular weight is 395 g/mol. The van der Waals surface area contributed by atoms with Gasteiger partial charge in [0.1, 0.15) is 5.75 Å². The third-order valence-corrected chi connectivity index (χ3v) is 6.42. The van der Waals surface area contributed by atoms with Crippen LogP contribution in [0, 0.1) is 0 Å². The molecular weight excluding hydrogens is 374 g/mol. The van der Waals surface area contributed by atoms with Crippen molar-refractivity contribution in [3.8, 4) is 5.75 Å². The van der Waals surface area contributed by atoms with E-state index in [1.165, 1.54) is 12.0 Å². The molecule has 1 aliphatic heterocycles. The maximum atomic E-state index is 13.2. The first-order chi connectivity index (χ1) is 13.5. The molecule has 0 spiro atoms. The highest BCUT2D eigenvalue weighted by molar-refractivity contribution is 7.10. The van der Waals surface area contributed by atoms with Crippen molar-refractivity contribution in [2.24, 2.45) is 0 Å². The molecule has 0 saturated heterocycles. The van der Waals surface area contributed by atoms with E-state index in [1.54, 1.807) is 29.5 Å². The van der Waals surface area contributed by atoms with E-state index in [2.05, 4.69) is 11.4 Å². The summed E-state index contributed by atoms with van der Waals surface area (Å²) in [5, 5.41) is 15.3. The van der Waals surface area contributed by atoms with Crippen LogP contribution in [0.15, 0.2) is 64.3 Å². The van der Waals surface area contributed by atoms with Crippen LogP contribution in [0.5, 0.6) is 5.75 Å². The Morgan fingerprint density at radius 3 is 2.75 bits per heavy atom. The van der Waals surface area contributed by atoms with E-state index in [1.807, 2.05) is 24.4 Å². The van der Waals surface area contributed by atoms with Crippen LogP contribution in [0.1, 0.15) is 42.0 Å². The van der Waals surface area contributed by atoms with Gasteiger partial charge in [-0.2, -0.15) is 0 Å². The molecule has 4 rings (SSSR count). The SMILES string of the molecule is COC(=O)C1=C(C)NC2=C(C(=O)CC(c3cccs3)C2)C1c1cccc(O)c1. The number of dihydropyridines is 1. The van der Waals surface area contributed by atoms with Crippen LogP contribution in [0.2, 0.25) is 0 Å². The summed E-state index contributed by atoms with van der Waals surface area (Å²) in [7, 11) is 1.33. The van der Waals surface area contributed by atoms with Crippen molar-refractivity contribution in [1.82, 2.24) is 5.32 Å². The Hall–Kier alpha value is -2.86. The highest BCUT2D eigenvalue weighted by atomic mass is 32.1. The maximum Gasteiger partial charge on any atom is 0.336 e. The number of rotatable bonds is 3. The van der Waals surface area contributed by atoms with Gasteiger partial charge in [0, 0.05) is 40.1 Å². The molecule has 2 N–H and O–H groups in total. The van der Waals surface area contributed by atoms with Crippen molar-refractivity contribution in [3.05, 3.63) is 74.8 Å². The lowest BCUT2D eigenvalue weighted by atomic mass is 9.72. The molecule has 2 aromatic rings. The molecule has 0 saturated carbocycles. The van der Waals surface area contributed by atoms with Gasteiger partial charge in [0.25, 0.3) is 0 Å². The summed E-state index contributed by atoms with van der Waals surface area (Å²) in [6, 6.07) is 10.8. The molecule has 0 radical (unpaired) electrons. The second-order valence-electron chi connectivity index (χ2n) is 7.12. The van der Waals surface area contributed by atoms with E-state index < -0.39 is 11.9 Å². The predicted octanol–water partition coefficient (Wildman–Crippen LogP) is 3.99. The monoisotopic (exact) mass is 395 g/mol. The van der Waals surface area contributed by atoms with Gasteiger partial charge in [-0.3, -0.25) is 4.79 Å². The molecule has 2 aliphatic rings. The number of nitrogens with one attached hydrogen (secondary N) is 1. The van der Waals surface area contributed by atoms with Gasteiger partial charge >= 0.3 is 5.97 Å². The van der Waals surface area contributed by atoms with E-state index in [-0.39, 0.29) is 17.5 Å². The van der Waals surface area contributed by atoms with Crippen LogP contribution in [-0.4, -0.2) is 24.0 Å². The number of carbonyl (C=O) groups excluding carboxylic acids is 2. The summed E-state index contributed by atoms with van der Waals surface area (Å²) in [4.78, 5) is 27.0. The number of aromatic hydroxyl groups is 1. The van der Waals surface area contributed by atoms with E-state index in [9.17, 15) is 14.7 Å². The molecule has 0 bridgehead atoms. The number of ketones is 1. The molecule has 5 nitrogen and oxygen atoms in total. The molecule has 2 atom stereocenters. The standard InChI is InChI=1S/C22H21NO4S/c1-12-19(22(26)27-2)20(13-5-3-6-15(24)9-13)21-16(23-12)10-14(11-17(21)25)18-7-4-8-28-18/h3-9,14,20,23-24H,10-11H2,1-2H3. The third kappa shape index (κ3) is 3.14. The van der Waals surface area contributed by atoms with Gasteiger partial charge in [-0.15, -0.1) is 11.3 Å². The minimum atomic E-state index is -0.549. The third-order valence-electron chi connectivity index (χ3n) is 5.38. The molecular formula is C22H21NO4S. The van der Waals surface area contributed by atoms with Crippen molar-refractivity contribution in [1.29, 1.82) is 0 Å². The number of carbonyl (C=O) groups is 2. The van der Waals surface area contributed by atoms with E-state index in [4.69, 9.17) is 4.74 Å². The molecule has 6 heteroatoms. The Morgan fingerprint density at radius 1 is 1.25 bits per heavy atom. The Morgan fingerprint density at radius 2 is 2.07 bits per heavy atom. The largest absolute Gasteiger partial charge is 0.508 e. The first-order valence-electron chi connectivity index (χ1n) is 9.14. The normalized spacial score (nSPS) is 22.0. The number of thiophene rings is 1. The molecule has 1 aliphatic carbocycles. The van der Waals surface area contributed by atoms with E-state index >= 15 is 0 Å². The van der Waals surface area contributed by atoms with Gasteiger partial charge in [0.2, 0.25) is 0 Å². The van der Waals surface area contributed by atoms with E-state index in [0.717, 1.165) is 5.70 Å². The lowest BCUT2D eigenvalue weighted by Crippen LogP contribution is -2.35. The van der Waals surface area contributed by atoms with Gasteiger partial charge in [0.15, 0.2) is 5.78 Å². The fraction of sp³-hybridized carbons (Fsp3) is 0.273. The van der Waals surface area contributed by atoms with Crippen molar-refractivity contribution in [2.45, 2.75) is 31.6 Å². The zero-order chi connectivity index (χ0) is 19.8. The second-order valence-corrected chi connectivity index (χ2v) is 8.10. The van der Waals surface area contributed by atoms with Crippen LogP contribution >= 0.6 is 11.3 Å². The summed E-state index contributed by atoms with van der Waals surface area (Å²) >= 11 is 1.66. The van der Waals surface area contributed by atoms with Crippen molar-refractivity contribution >= 4 is 23.1 Å². The minimum Gasteiger partial charge on any atom is -0.508 e. The predicted molar refractivity (Wildman–Crippen MR) is 107 cm³/mol. The molecule has 1 aromatic carbocycles. The number of Topliss-reactive ketones (excluding diaryl/α,β-unsaturated/α-hetero) is 1. The van der Waals surface area contributed by atoms with Gasteiger partial charge in [-0.1, -0.05) is 18.2 Å². The van der Waals surface area contributed by atoms with Crippen molar-refractivity contribution in [3.63, 3.8) is 0 Å². The summed E-state index contributed by atoms with van der Waals surface area (Å²) < 4.78 is 5.01. The van der Waals surface area contributed by atoms with Gasteiger partial charge in [-0.05, 0) is 42.5 Å². The number of hydrogen-bond donors (Lipinski definition) is 2. The molecule has 2 unspecified atom stereocenters. The molecule has 1 aromatic heterocycles. The Bertz CT molecular complexity index is 1000. The van der Waals surface area contributed by atoms with E-state index in [0.29, 0.717) is 35.2 Å². The lowest BCUT2D eigenvalue weighted by Gasteiger charge is -2.36. The second kappa shape index (κ2) is 7.28. The van der Waals surface area contributed by atoms with Crippen LogP contribution in [0.3, 0.4) is 0 Å². The summed E-state index contributed by atoms with van der Waals surface area (Å²) in [5.41, 5.74) is 3.25. The van der Waals surface area contributed by atoms with Crippen LogP contribution in [-0.2, 0) is 14.3 Å². The highest BCUT2D eigenvalue weighted by Crippen LogP contribution is 2.46. The Balaban J connectivity index is 1.83. The number of methoxy groups -OCH3 is 1. The van der Waals surface area contributed by atoms with Crippen molar-refractivity contribution in [2.75, 3.05) is 7.11 Å². The number of phenolic OH excluding ortho intramolecular Hbond substituents is 1. The average Bonchev–Trinajstić information content (AvgIpc) is 3.21. The summed E-state index contributed by atoms with van der Waals surface area (Å²) in [6.45, 7) is 1.82. The molecule has 0 amide bonds. The molecule has 2 heterocycles. The van der Waals surface area contributed by atoms with Crippen LogP contribution < -0.4 is 5.32 Å². The van der Waals surface area contributed by atoms with Gasteiger partial charge in [-0.25, -0.2) is 4.79 Å². The Labute approximate surface area is 167 Å². The van der Waals surface area contributed by atoms with Crippen molar-refractivity contribution < 1.29 is 19.4 Å². The zero-order valence-corrected chi connectivity index (χ0v) is 16.5. The minimum absolute atomic E-state index is 0.0226. The molecule has 144 valence electrons. The summed E-state index contributed by atoms with van der Waals surface area (Å²) in [6.07, 6.45) is 1.12. The first kappa shape index (κ1) is 18.5. The number of ether oxygens (including phenoxy) is 1. The number of esters is 1. The molecule has 28 heavy (non-hydrogen) atoms. The topological polar surface area (TPSA) is 75.6 Å². The number of benzene rings is 1. The maximum absolute atomic E-state index is 13.2. The quantitative estimate of drug-likeness (QED) is 0.769. The lowest BCUT2D eigenvalue weighted by molar-refractivity contribution is -0.136. The van der Waals surface area contributed by atoms with Gasteiger partial charge < -0.3 is 15.2 Å². The van der Waals surface area contributed by atoms with Crippen LogP contribution in [0.4, 0.5) is 0 Å². The first-order valence-corrected chi connectivity index (χ1v) is 10.0. The Kier molecular flexibility index (Phi) is 4.81. The fourth-order valence-electron chi connectivity index (χ4n) is 4.18.